The third-order valence-corrected chi connectivity index (χ3v) is 6.63. The zero-order valence-electron chi connectivity index (χ0n) is 18.5. The monoisotopic (exact) mass is 486 g/mol. The molecular weight excluding hydrogens is 460 g/mol. The zero-order chi connectivity index (χ0) is 24.9. The summed E-state index contributed by atoms with van der Waals surface area (Å²) in [6.07, 6.45) is 2.49. The number of sulfonamides is 1. The maximum atomic E-state index is 12.7. The van der Waals surface area contributed by atoms with Gasteiger partial charge < -0.3 is 20.6 Å². The Morgan fingerprint density at radius 2 is 1.88 bits per heavy atom. The third kappa shape index (κ3) is 6.21. The topological polar surface area (TPSA) is 176 Å². The number of unbranched alkanes of at least 4 members (excludes halogenated alkanes) is 1. The van der Waals surface area contributed by atoms with E-state index in [2.05, 4.69) is 10.0 Å². The van der Waals surface area contributed by atoms with E-state index < -0.39 is 27.9 Å². The number of anilines is 1. The van der Waals surface area contributed by atoms with Crippen LogP contribution in [0, 0.1) is 5.41 Å². The van der Waals surface area contributed by atoms with Crippen LogP contribution in [0.15, 0.2) is 53.1 Å². The first-order chi connectivity index (χ1) is 16.1. The minimum absolute atomic E-state index is 0.0454. The Bertz CT molecular complexity index is 1310. The summed E-state index contributed by atoms with van der Waals surface area (Å²) in [5, 5.41) is 20.8. The number of carbonyl (C=O) groups is 2. The quantitative estimate of drug-likeness (QED) is 0.204. The number of nitrogens with one attached hydrogen (secondary N) is 3. The van der Waals surface area contributed by atoms with Gasteiger partial charge in [-0.25, -0.2) is 13.1 Å². The van der Waals surface area contributed by atoms with Gasteiger partial charge in [0.05, 0.1) is 12.0 Å². The third-order valence-electron chi connectivity index (χ3n) is 5.16. The van der Waals surface area contributed by atoms with Crippen LogP contribution in [0.5, 0.6) is 0 Å². The fourth-order valence-corrected chi connectivity index (χ4v) is 4.74. The number of hydrogen-bond donors (Lipinski definition) is 5. The Kier molecular flexibility index (Phi) is 7.69. The Morgan fingerprint density at radius 1 is 1.18 bits per heavy atom. The van der Waals surface area contributed by atoms with Crippen molar-refractivity contribution in [3.63, 3.8) is 0 Å². The van der Waals surface area contributed by atoms with E-state index in [-0.39, 0.29) is 23.8 Å². The Balaban J connectivity index is 1.68. The van der Waals surface area contributed by atoms with Crippen molar-refractivity contribution in [2.75, 3.05) is 11.1 Å². The van der Waals surface area contributed by atoms with Gasteiger partial charge in [0.25, 0.3) is 5.91 Å². The lowest BCUT2D eigenvalue weighted by molar-refractivity contribution is -0.138. The smallest absolute Gasteiger partial charge is 0.322 e. The van der Waals surface area contributed by atoms with Crippen LogP contribution in [0.1, 0.15) is 41.4 Å². The number of amidine groups is 1. The summed E-state index contributed by atoms with van der Waals surface area (Å²) < 4.78 is 31.8. The van der Waals surface area contributed by atoms with Gasteiger partial charge in [-0.2, -0.15) is 0 Å². The minimum Gasteiger partial charge on any atom is -0.480 e. The van der Waals surface area contributed by atoms with Crippen LogP contribution in [-0.2, 0) is 21.2 Å². The van der Waals surface area contributed by atoms with Gasteiger partial charge in [0.2, 0.25) is 10.0 Å². The Morgan fingerprint density at radius 3 is 2.50 bits per heavy atom. The molecule has 0 fully saturated rings. The van der Waals surface area contributed by atoms with E-state index in [1.807, 2.05) is 6.92 Å². The summed E-state index contributed by atoms with van der Waals surface area (Å²) in [4.78, 5) is 24.2. The van der Waals surface area contributed by atoms with Crippen LogP contribution in [0.4, 0.5) is 5.69 Å². The molecule has 2 aromatic carbocycles. The van der Waals surface area contributed by atoms with E-state index >= 15 is 0 Å². The first-order valence-corrected chi connectivity index (χ1v) is 12.2. The molecule has 34 heavy (non-hydrogen) atoms. The molecule has 0 saturated carbocycles. The second-order valence-electron chi connectivity index (χ2n) is 7.82. The molecule has 0 saturated heterocycles. The average Bonchev–Trinajstić information content (AvgIpc) is 3.22. The van der Waals surface area contributed by atoms with Crippen LogP contribution in [-0.4, -0.2) is 43.0 Å². The standard InChI is InChI=1S/C23H26N4O6S/c1-2-3-10-34(31,32)27-19(23(29)30)11-14-4-7-17(8-5-14)26-22(28)20-18-9-6-15(21(24)25)12-16(18)13-33-20/h4-9,12-13,19,27H,2-3,10-11H2,1H3,(H3,24,25)(H,26,28)(H,29,30)/t19-/m0/s1. The van der Waals surface area contributed by atoms with Gasteiger partial charge in [0.1, 0.15) is 11.9 Å². The highest BCUT2D eigenvalue weighted by Gasteiger charge is 2.24. The van der Waals surface area contributed by atoms with Gasteiger partial charge in [0, 0.05) is 22.0 Å². The Labute approximate surface area is 196 Å². The summed E-state index contributed by atoms with van der Waals surface area (Å²) >= 11 is 0. The largest absolute Gasteiger partial charge is 0.480 e. The lowest BCUT2D eigenvalue weighted by Crippen LogP contribution is -2.43. The van der Waals surface area contributed by atoms with Crippen molar-refractivity contribution >= 4 is 44.2 Å². The molecule has 0 aliphatic rings. The maximum Gasteiger partial charge on any atom is 0.322 e. The first kappa shape index (κ1) is 24.9. The van der Waals surface area contributed by atoms with Crippen LogP contribution in [0.3, 0.4) is 0 Å². The summed E-state index contributed by atoms with van der Waals surface area (Å²) in [7, 11) is -3.70. The molecule has 0 aliphatic heterocycles. The predicted molar refractivity (Wildman–Crippen MR) is 129 cm³/mol. The van der Waals surface area contributed by atoms with Gasteiger partial charge in [-0.1, -0.05) is 31.5 Å². The van der Waals surface area contributed by atoms with Crippen molar-refractivity contribution in [3.8, 4) is 0 Å². The molecule has 0 bridgehead atoms. The van der Waals surface area contributed by atoms with Crippen LogP contribution >= 0.6 is 0 Å². The van der Waals surface area contributed by atoms with Gasteiger partial charge in [-0.05, 0) is 42.7 Å². The van der Waals surface area contributed by atoms with E-state index in [9.17, 15) is 23.1 Å². The number of carbonyl (C=O) groups excluding carboxylic acids is 1. The summed E-state index contributed by atoms with van der Waals surface area (Å²) in [6.45, 7) is 1.85. The average molecular weight is 487 g/mol. The molecule has 0 aliphatic carbocycles. The number of fused-ring (bicyclic) bond motifs is 1. The molecule has 0 radical (unpaired) electrons. The van der Waals surface area contributed by atoms with Crippen molar-refractivity contribution in [1.82, 2.24) is 4.72 Å². The number of carboxylic acid groups (broad SMARTS) is 1. The molecule has 1 amide bonds. The van der Waals surface area contributed by atoms with Gasteiger partial charge in [0.15, 0.2) is 5.76 Å². The number of aliphatic carboxylic acids is 1. The minimum atomic E-state index is -3.70. The SMILES string of the molecule is CCCCS(=O)(=O)N[C@@H](Cc1ccc(NC(=O)c2occ3cc(C(=N)N)ccc23)cc1)C(=O)O. The molecular formula is C23H26N4O6S. The van der Waals surface area contributed by atoms with Gasteiger partial charge in [-0.15, -0.1) is 0 Å². The summed E-state index contributed by atoms with van der Waals surface area (Å²) in [5.41, 5.74) is 7.05. The number of carboxylic acids is 1. The molecule has 3 rings (SSSR count). The zero-order valence-corrected chi connectivity index (χ0v) is 19.3. The number of hydrogen-bond acceptors (Lipinski definition) is 6. The van der Waals surface area contributed by atoms with Crippen molar-refractivity contribution in [2.45, 2.75) is 32.2 Å². The number of amides is 1. The molecule has 180 valence electrons. The second-order valence-corrected chi connectivity index (χ2v) is 9.69. The van der Waals surface area contributed by atoms with Gasteiger partial charge in [-0.3, -0.25) is 15.0 Å². The first-order valence-electron chi connectivity index (χ1n) is 10.6. The summed E-state index contributed by atoms with van der Waals surface area (Å²) in [6, 6.07) is 10.1. The van der Waals surface area contributed by atoms with Gasteiger partial charge >= 0.3 is 5.97 Å². The molecule has 3 aromatic rings. The van der Waals surface area contributed by atoms with E-state index in [0.717, 1.165) is 0 Å². The van der Waals surface area contributed by atoms with Crippen molar-refractivity contribution in [3.05, 3.63) is 65.6 Å². The molecule has 0 spiro atoms. The van der Waals surface area contributed by atoms with Crippen LogP contribution in [0.2, 0.25) is 0 Å². The fraction of sp³-hybridized carbons (Fsp3) is 0.261. The number of nitrogen functional groups attached to an aromatic ring is 1. The molecule has 1 aromatic heterocycles. The normalized spacial score (nSPS) is 12.4. The highest BCUT2D eigenvalue weighted by molar-refractivity contribution is 7.89. The van der Waals surface area contributed by atoms with Crippen LogP contribution < -0.4 is 15.8 Å². The molecule has 6 N–H and O–H groups in total. The fourth-order valence-electron chi connectivity index (χ4n) is 3.33. The maximum absolute atomic E-state index is 12.7. The number of furan rings is 1. The van der Waals surface area contributed by atoms with Crippen molar-refractivity contribution < 1.29 is 27.5 Å². The lowest BCUT2D eigenvalue weighted by Gasteiger charge is -2.15. The molecule has 1 atom stereocenters. The van der Waals surface area contributed by atoms with Crippen LogP contribution in [0.25, 0.3) is 10.8 Å². The number of rotatable bonds is 11. The number of nitrogens with two attached hydrogens (primary N) is 1. The van der Waals surface area contributed by atoms with Crippen molar-refractivity contribution in [2.24, 2.45) is 5.73 Å². The lowest BCUT2D eigenvalue weighted by atomic mass is 10.1. The highest BCUT2D eigenvalue weighted by Crippen LogP contribution is 2.24. The van der Waals surface area contributed by atoms with E-state index in [1.54, 1.807) is 42.5 Å². The Hall–Kier alpha value is -3.70. The summed E-state index contributed by atoms with van der Waals surface area (Å²) in [5.74, 6) is -1.87. The second kappa shape index (κ2) is 10.5. The molecule has 10 nitrogen and oxygen atoms in total. The van der Waals surface area contributed by atoms with E-state index in [0.29, 0.717) is 40.4 Å². The van der Waals surface area contributed by atoms with Crippen molar-refractivity contribution in [1.29, 1.82) is 5.41 Å². The molecule has 0 unspecified atom stereocenters. The highest BCUT2D eigenvalue weighted by atomic mass is 32.2. The number of benzene rings is 2. The van der Waals surface area contributed by atoms with E-state index in [4.69, 9.17) is 15.6 Å². The van der Waals surface area contributed by atoms with E-state index in [1.165, 1.54) is 6.26 Å². The molecule has 1 heterocycles. The molecule has 11 heteroatoms. The predicted octanol–water partition coefficient (Wildman–Crippen LogP) is 2.68.